The van der Waals surface area contributed by atoms with Crippen molar-refractivity contribution in [3.63, 3.8) is 0 Å². The second-order valence-electron chi connectivity index (χ2n) is 2.61. The number of hydrogen-bond acceptors (Lipinski definition) is 2. The zero-order valence-corrected chi connectivity index (χ0v) is 10.2. The predicted octanol–water partition coefficient (Wildman–Crippen LogP) is 1.67. The first kappa shape index (κ1) is 11.7. The molecule has 14 heavy (non-hydrogen) atoms. The number of carbonyl (C=O) groups excluding carboxylic acids is 1. The first-order valence-corrected chi connectivity index (χ1v) is 5.45. The molecule has 5 heteroatoms. The van der Waals surface area contributed by atoms with Gasteiger partial charge in [0.15, 0.2) is 0 Å². The fraction of sp³-hybridized carbons (Fsp3) is 0.222. The summed E-state index contributed by atoms with van der Waals surface area (Å²) in [4.78, 5) is 11.4. The quantitative estimate of drug-likeness (QED) is 0.831. The maximum absolute atomic E-state index is 11.4. The van der Waals surface area contributed by atoms with Crippen LogP contribution in [0.15, 0.2) is 18.2 Å². The highest BCUT2D eigenvalue weighted by molar-refractivity contribution is 14.1. The third kappa shape index (κ3) is 3.11. The zero-order chi connectivity index (χ0) is 10.6. The van der Waals surface area contributed by atoms with Gasteiger partial charge in [0.05, 0.1) is 11.6 Å². The summed E-state index contributed by atoms with van der Waals surface area (Å²) in [7, 11) is 0. The molecule has 0 bridgehead atoms. The van der Waals surface area contributed by atoms with Crippen molar-refractivity contribution in [1.29, 1.82) is 0 Å². The Balaban J connectivity index is 2.76. The Hall–Kier alpha value is -0.330. The van der Waals surface area contributed by atoms with Gasteiger partial charge in [0, 0.05) is 15.7 Å². The van der Waals surface area contributed by atoms with Crippen molar-refractivity contribution in [2.75, 3.05) is 13.2 Å². The number of aliphatic hydroxyl groups excluding tert-OH is 1. The minimum Gasteiger partial charge on any atom is -0.395 e. The molecule has 0 fully saturated rings. The molecule has 3 nitrogen and oxygen atoms in total. The number of rotatable bonds is 3. The Bertz CT molecular complexity index is 344. The number of amides is 1. The molecule has 0 aliphatic carbocycles. The van der Waals surface area contributed by atoms with E-state index in [2.05, 4.69) is 27.9 Å². The number of carbonyl (C=O) groups is 1. The van der Waals surface area contributed by atoms with E-state index in [0.717, 1.165) is 3.57 Å². The van der Waals surface area contributed by atoms with E-state index in [-0.39, 0.29) is 19.1 Å². The van der Waals surface area contributed by atoms with Crippen LogP contribution in [-0.4, -0.2) is 24.2 Å². The minimum atomic E-state index is -0.225. The monoisotopic (exact) mass is 325 g/mol. The topological polar surface area (TPSA) is 49.3 Å². The van der Waals surface area contributed by atoms with Gasteiger partial charge in [0.1, 0.15) is 0 Å². The molecule has 0 aliphatic rings. The lowest BCUT2D eigenvalue weighted by Crippen LogP contribution is -2.26. The summed E-state index contributed by atoms with van der Waals surface area (Å²) in [6.07, 6.45) is 0. The highest BCUT2D eigenvalue weighted by Gasteiger charge is 2.06. The standard InChI is InChI=1S/C9H9ClINO2/c10-7-5-6(1-2-8(7)11)9(14)12-3-4-13/h1-2,5,13H,3-4H2,(H,12,14). The Morgan fingerprint density at radius 3 is 2.86 bits per heavy atom. The largest absolute Gasteiger partial charge is 0.395 e. The minimum absolute atomic E-state index is 0.0656. The fourth-order valence-electron chi connectivity index (χ4n) is 0.909. The molecule has 0 saturated heterocycles. The molecule has 1 aromatic carbocycles. The molecule has 0 aliphatic heterocycles. The van der Waals surface area contributed by atoms with Crippen LogP contribution in [-0.2, 0) is 0 Å². The average Bonchev–Trinajstić information content (AvgIpc) is 2.18. The van der Waals surface area contributed by atoms with E-state index in [4.69, 9.17) is 16.7 Å². The van der Waals surface area contributed by atoms with Crippen LogP contribution >= 0.6 is 34.2 Å². The number of halogens is 2. The van der Waals surface area contributed by atoms with E-state index >= 15 is 0 Å². The zero-order valence-electron chi connectivity index (χ0n) is 7.26. The van der Waals surface area contributed by atoms with Crippen LogP contribution in [0, 0.1) is 3.57 Å². The van der Waals surface area contributed by atoms with E-state index in [1.807, 2.05) is 0 Å². The summed E-state index contributed by atoms with van der Waals surface area (Å²) < 4.78 is 0.906. The molecule has 1 amide bonds. The molecule has 0 spiro atoms. The lowest BCUT2D eigenvalue weighted by atomic mass is 10.2. The lowest BCUT2D eigenvalue weighted by Gasteiger charge is -2.04. The molecule has 0 atom stereocenters. The van der Waals surface area contributed by atoms with Gasteiger partial charge in [0.2, 0.25) is 0 Å². The van der Waals surface area contributed by atoms with Crippen molar-refractivity contribution in [2.45, 2.75) is 0 Å². The molecule has 0 unspecified atom stereocenters. The molecule has 76 valence electrons. The van der Waals surface area contributed by atoms with Gasteiger partial charge in [-0.15, -0.1) is 0 Å². The lowest BCUT2D eigenvalue weighted by molar-refractivity contribution is 0.0945. The van der Waals surface area contributed by atoms with Crippen molar-refractivity contribution < 1.29 is 9.90 Å². The summed E-state index contributed by atoms with van der Waals surface area (Å²) in [5, 5.41) is 11.6. The number of aliphatic hydroxyl groups is 1. The average molecular weight is 326 g/mol. The van der Waals surface area contributed by atoms with Gasteiger partial charge in [-0.1, -0.05) is 11.6 Å². The van der Waals surface area contributed by atoms with Crippen molar-refractivity contribution in [3.8, 4) is 0 Å². The highest BCUT2D eigenvalue weighted by Crippen LogP contribution is 2.19. The SMILES string of the molecule is O=C(NCCO)c1ccc(I)c(Cl)c1. The van der Waals surface area contributed by atoms with Gasteiger partial charge in [-0.05, 0) is 40.8 Å². The summed E-state index contributed by atoms with van der Waals surface area (Å²) in [5.74, 6) is -0.225. The van der Waals surface area contributed by atoms with Crippen molar-refractivity contribution in [2.24, 2.45) is 0 Å². The smallest absolute Gasteiger partial charge is 0.251 e. The molecule has 0 heterocycles. The van der Waals surface area contributed by atoms with Crippen LogP contribution in [0.4, 0.5) is 0 Å². The van der Waals surface area contributed by atoms with Gasteiger partial charge < -0.3 is 10.4 Å². The van der Waals surface area contributed by atoms with Gasteiger partial charge in [-0.25, -0.2) is 0 Å². The van der Waals surface area contributed by atoms with E-state index in [0.29, 0.717) is 10.6 Å². The second-order valence-corrected chi connectivity index (χ2v) is 4.18. The van der Waals surface area contributed by atoms with Gasteiger partial charge in [-0.3, -0.25) is 4.79 Å². The molecule has 1 aromatic rings. The van der Waals surface area contributed by atoms with Crippen LogP contribution in [0.25, 0.3) is 0 Å². The Morgan fingerprint density at radius 1 is 1.57 bits per heavy atom. The fourth-order valence-corrected chi connectivity index (χ4v) is 1.42. The second kappa shape index (κ2) is 5.53. The van der Waals surface area contributed by atoms with Crippen molar-refractivity contribution in [3.05, 3.63) is 32.4 Å². The molecule has 2 N–H and O–H groups in total. The Labute approximate surface area is 101 Å². The van der Waals surface area contributed by atoms with E-state index in [9.17, 15) is 4.79 Å². The van der Waals surface area contributed by atoms with Crippen LogP contribution < -0.4 is 5.32 Å². The Morgan fingerprint density at radius 2 is 2.29 bits per heavy atom. The molecule has 0 aromatic heterocycles. The summed E-state index contributed by atoms with van der Waals surface area (Å²) >= 11 is 7.94. The van der Waals surface area contributed by atoms with E-state index < -0.39 is 0 Å². The van der Waals surface area contributed by atoms with E-state index in [1.54, 1.807) is 18.2 Å². The summed E-state index contributed by atoms with van der Waals surface area (Å²) in [5.41, 5.74) is 0.504. The summed E-state index contributed by atoms with van der Waals surface area (Å²) in [6, 6.07) is 5.08. The van der Waals surface area contributed by atoms with Gasteiger partial charge in [-0.2, -0.15) is 0 Å². The molecule has 1 rings (SSSR count). The number of hydrogen-bond donors (Lipinski definition) is 2. The predicted molar refractivity (Wildman–Crippen MR) is 63.6 cm³/mol. The maximum atomic E-state index is 11.4. The third-order valence-electron chi connectivity index (χ3n) is 1.58. The van der Waals surface area contributed by atoms with Gasteiger partial charge >= 0.3 is 0 Å². The third-order valence-corrected chi connectivity index (χ3v) is 3.15. The van der Waals surface area contributed by atoms with Crippen LogP contribution in [0.2, 0.25) is 5.02 Å². The van der Waals surface area contributed by atoms with Crippen molar-refractivity contribution in [1.82, 2.24) is 5.32 Å². The number of benzene rings is 1. The molecule has 0 radical (unpaired) electrons. The van der Waals surface area contributed by atoms with Crippen molar-refractivity contribution >= 4 is 40.1 Å². The number of nitrogens with one attached hydrogen (secondary N) is 1. The molecular formula is C9H9ClINO2. The maximum Gasteiger partial charge on any atom is 0.251 e. The first-order chi connectivity index (χ1) is 6.65. The van der Waals surface area contributed by atoms with Crippen LogP contribution in [0.5, 0.6) is 0 Å². The highest BCUT2D eigenvalue weighted by atomic mass is 127. The Kier molecular flexibility index (Phi) is 4.64. The van der Waals surface area contributed by atoms with Crippen LogP contribution in [0.3, 0.4) is 0 Å². The molecule has 0 saturated carbocycles. The summed E-state index contributed by atoms with van der Waals surface area (Å²) in [6.45, 7) is 0.187. The first-order valence-electron chi connectivity index (χ1n) is 3.99. The molecular weight excluding hydrogens is 316 g/mol. The van der Waals surface area contributed by atoms with Gasteiger partial charge in [0.25, 0.3) is 5.91 Å². The van der Waals surface area contributed by atoms with Crippen LogP contribution in [0.1, 0.15) is 10.4 Å². The normalized spacial score (nSPS) is 9.93. The van der Waals surface area contributed by atoms with E-state index in [1.165, 1.54) is 0 Å².